The lowest BCUT2D eigenvalue weighted by Gasteiger charge is -2.18. The molecule has 1 atom stereocenters. The van der Waals surface area contributed by atoms with Gasteiger partial charge in [0.1, 0.15) is 13.2 Å². The minimum Gasteiger partial charge on any atom is -0.462 e. The third-order valence-corrected chi connectivity index (χ3v) is 14.2. The number of ether oxygens (including phenoxy) is 3. The highest BCUT2D eigenvalue weighted by Crippen LogP contribution is 2.17. The van der Waals surface area contributed by atoms with Gasteiger partial charge in [-0.3, -0.25) is 14.4 Å². The number of hydrogen-bond donors (Lipinski definition) is 0. The van der Waals surface area contributed by atoms with E-state index in [1.54, 1.807) is 0 Å². The zero-order valence-electron chi connectivity index (χ0n) is 49.8. The lowest BCUT2D eigenvalue weighted by atomic mass is 10.0. The summed E-state index contributed by atoms with van der Waals surface area (Å²) in [5.41, 5.74) is 0. The quantitative estimate of drug-likeness (QED) is 0.0261. The lowest BCUT2D eigenvalue weighted by molar-refractivity contribution is -0.167. The van der Waals surface area contributed by atoms with Gasteiger partial charge in [0.25, 0.3) is 0 Å². The molecule has 434 valence electrons. The smallest absolute Gasteiger partial charge is 0.306 e. The van der Waals surface area contributed by atoms with Gasteiger partial charge in [-0.1, -0.05) is 293 Å². The van der Waals surface area contributed by atoms with Crippen LogP contribution in [0.3, 0.4) is 0 Å². The Morgan fingerprint density at radius 2 is 0.520 bits per heavy atom. The largest absolute Gasteiger partial charge is 0.462 e. The van der Waals surface area contributed by atoms with Crippen LogP contribution in [0.15, 0.2) is 72.9 Å². The van der Waals surface area contributed by atoms with Gasteiger partial charge < -0.3 is 14.2 Å². The molecular weight excluding hydrogens is 925 g/mol. The first kappa shape index (κ1) is 71.8. The van der Waals surface area contributed by atoms with Crippen LogP contribution >= 0.6 is 0 Å². The Kier molecular flexibility index (Phi) is 60.7. The lowest BCUT2D eigenvalue weighted by Crippen LogP contribution is -2.30. The van der Waals surface area contributed by atoms with E-state index in [2.05, 4.69) is 93.7 Å². The van der Waals surface area contributed by atoms with Crippen molar-refractivity contribution in [3.8, 4) is 0 Å². The highest BCUT2D eigenvalue weighted by Gasteiger charge is 2.19. The molecule has 0 bridgehead atoms. The van der Waals surface area contributed by atoms with Crippen molar-refractivity contribution < 1.29 is 28.6 Å². The Hall–Kier alpha value is -3.15. The second kappa shape index (κ2) is 63.4. The maximum atomic E-state index is 12.8. The Bertz CT molecular complexity index is 1390. The number of hydrogen-bond acceptors (Lipinski definition) is 6. The molecular formula is C69H122O6. The number of carbonyl (C=O) groups excluding carboxylic acids is 3. The van der Waals surface area contributed by atoms with Crippen molar-refractivity contribution in [3.05, 3.63) is 72.9 Å². The second-order valence-corrected chi connectivity index (χ2v) is 21.6. The molecule has 0 aliphatic carbocycles. The van der Waals surface area contributed by atoms with Crippen LogP contribution in [0.5, 0.6) is 0 Å². The van der Waals surface area contributed by atoms with Gasteiger partial charge in [-0.05, 0) is 89.9 Å². The maximum absolute atomic E-state index is 12.8. The first-order valence-electron chi connectivity index (χ1n) is 32.4. The first-order chi connectivity index (χ1) is 37.0. The van der Waals surface area contributed by atoms with Crippen LogP contribution < -0.4 is 0 Å². The van der Waals surface area contributed by atoms with Crippen molar-refractivity contribution in [2.24, 2.45) is 0 Å². The van der Waals surface area contributed by atoms with Crippen molar-refractivity contribution in [1.29, 1.82) is 0 Å². The number of rotatable bonds is 59. The van der Waals surface area contributed by atoms with Gasteiger partial charge in [-0.2, -0.15) is 0 Å². The van der Waals surface area contributed by atoms with Crippen molar-refractivity contribution >= 4 is 17.9 Å². The summed E-state index contributed by atoms with van der Waals surface area (Å²) in [5, 5.41) is 0. The number of unbranched alkanes of at least 4 members (excludes halogenated alkanes) is 36. The van der Waals surface area contributed by atoms with Gasteiger partial charge in [0.2, 0.25) is 0 Å². The normalized spacial score (nSPS) is 12.5. The summed E-state index contributed by atoms with van der Waals surface area (Å²) in [7, 11) is 0. The summed E-state index contributed by atoms with van der Waals surface area (Å²) in [6.45, 7) is 6.47. The van der Waals surface area contributed by atoms with E-state index < -0.39 is 6.10 Å². The van der Waals surface area contributed by atoms with Gasteiger partial charge in [-0.25, -0.2) is 0 Å². The molecule has 0 aromatic heterocycles. The van der Waals surface area contributed by atoms with Gasteiger partial charge in [0.05, 0.1) is 0 Å². The third-order valence-electron chi connectivity index (χ3n) is 14.2. The van der Waals surface area contributed by atoms with Crippen LogP contribution in [0.4, 0.5) is 0 Å². The average molecular weight is 1050 g/mol. The molecule has 0 fully saturated rings. The number of carbonyl (C=O) groups is 3. The minimum atomic E-state index is -0.772. The summed E-state index contributed by atoms with van der Waals surface area (Å²) in [4.78, 5) is 37.9. The van der Waals surface area contributed by atoms with E-state index in [4.69, 9.17) is 14.2 Å². The molecule has 0 aliphatic heterocycles. The monoisotopic (exact) mass is 1050 g/mol. The standard InChI is InChI=1S/C69H122O6/c1-4-7-10-13-15-17-19-21-23-25-27-29-31-33-34-36-37-39-41-43-45-47-49-51-53-56-59-62-68(71)74-65-66(64-73-67(70)61-58-55-12-9-6-3)75-69(72)63-60-57-54-52-50-48-46-44-42-40-38-35-32-30-28-26-24-22-20-18-16-14-11-8-5-2/h8,11,16,18-19,21-22,24-25,27-28,30,66H,4-7,9-10,12-15,17,20,23,26,29,31-65H2,1-3H3/b11-8-,18-16-,21-19-,24-22-,27-25-,30-28-. The van der Waals surface area contributed by atoms with E-state index in [1.807, 2.05) is 0 Å². The Morgan fingerprint density at radius 3 is 0.813 bits per heavy atom. The summed E-state index contributed by atoms with van der Waals surface area (Å²) >= 11 is 0. The molecule has 0 saturated heterocycles. The van der Waals surface area contributed by atoms with Crippen LogP contribution in [-0.2, 0) is 28.6 Å². The molecule has 0 spiro atoms. The van der Waals surface area contributed by atoms with Crippen molar-refractivity contribution in [2.75, 3.05) is 13.2 Å². The predicted molar refractivity (Wildman–Crippen MR) is 325 cm³/mol. The summed E-state index contributed by atoms with van der Waals surface area (Å²) in [6.07, 6.45) is 82.5. The van der Waals surface area contributed by atoms with Crippen molar-refractivity contribution in [3.63, 3.8) is 0 Å². The van der Waals surface area contributed by atoms with E-state index >= 15 is 0 Å². The van der Waals surface area contributed by atoms with Crippen LogP contribution in [0.1, 0.15) is 329 Å². The van der Waals surface area contributed by atoms with Crippen LogP contribution in [0.25, 0.3) is 0 Å². The maximum Gasteiger partial charge on any atom is 0.306 e. The Morgan fingerprint density at radius 1 is 0.280 bits per heavy atom. The predicted octanol–water partition coefficient (Wildman–Crippen LogP) is 22.1. The average Bonchev–Trinajstić information content (AvgIpc) is 3.41. The van der Waals surface area contributed by atoms with E-state index in [0.717, 1.165) is 96.3 Å². The van der Waals surface area contributed by atoms with Crippen LogP contribution in [0.2, 0.25) is 0 Å². The highest BCUT2D eigenvalue weighted by molar-refractivity contribution is 5.71. The second-order valence-electron chi connectivity index (χ2n) is 21.6. The van der Waals surface area contributed by atoms with E-state index in [-0.39, 0.29) is 31.1 Å². The summed E-state index contributed by atoms with van der Waals surface area (Å²) in [6, 6.07) is 0. The molecule has 0 radical (unpaired) electrons. The molecule has 0 amide bonds. The summed E-state index contributed by atoms with van der Waals surface area (Å²) in [5.74, 6) is -0.876. The first-order valence-corrected chi connectivity index (χ1v) is 32.4. The van der Waals surface area contributed by atoms with Crippen LogP contribution in [-0.4, -0.2) is 37.2 Å². The molecule has 6 nitrogen and oxygen atoms in total. The molecule has 0 aliphatic rings. The van der Waals surface area contributed by atoms with E-state index in [1.165, 1.54) is 193 Å². The SMILES string of the molecule is CC/C=C\C/C=C\C/C=C\C/C=C\CCCCCCCCCCCCCCC(=O)OC(COC(=O)CCCCCCC)COC(=O)CCCCCCCCCCCCCCCCC/C=C\C/C=C\CCCCCCC. The minimum absolute atomic E-state index is 0.0734. The molecule has 75 heavy (non-hydrogen) atoms. The molecule has 0 aromatic rings. The Labute approximate surface area is 465 Å². The molecule has 1 unspecified atom stereocenters. The van der Waals surface area contributed by atoms with Crippen molar-refractivity contribution in [1.82, 2.24) is 0 Å². The van der Waals surface area contributed by atoms with E-state index in [9.17, 15) is 14.4 Å². The fourth-order valence-electron chi connectivity index (χ4n) is 9.35. The van der Waals surface area contributed by atoms with Gasteiger partial charge in [0.15, 0.2) is 6.10 Å². The zero-order valence-corrected chi connectivity index (χ0v) is 49.8. The molecule has 0 rings (SSSR count). The van der Waals surface area contributed by atoms with Gasteiger partial charge >= 0.3 is 17.9 Å². The fourth-order valence-corrected chi connectivity index (χ4v) is 9.35. The molecule has 0 aromatic carbocycles. The number of esters is 3. The van der Waals surface area contributed by atoms with Gasteiger partial charge in [0, 0.05) is 19.3 Å². The molecule has 6 heteroatoms. The van der Waals surface area contributed by atoms with Crippen LogP contribution in [0, 0.1) is 0 Å². The molecule has 0 N–H and O–H groups in total. The fraction of sp³-hybridized carbons (Fsp3) is 0.783. The third kappa shape index (κ3) is 61.6. The topological polar surface area (TPSA) is 78.9 Å². The zero-order chi connectivity index (χ0) is 54.3. The van der Waals surface area contributed by atoms with Crippen molar-refractivity contribution in [2.45, 2.75) is 335 Å². The Balaban J connectivity index is 4.01. The number of allylic oxidation sites excluding steroid dienone is 12. The summed E-state index contributed by atoms with van der Waals surface area (Å²) < 4.78 is 16.8. The molecule has 0 saturated carbocycles. The van der Waals surface area contributed by atoms with E-state index in [0.29, 0.717) is 19.3 Å². The van der Waals surface area contributed by atoms with Gasteiger partial charge in [-0.15, -0.1) is 0 Å². The molecule has 0 heterocycles. The highest BCUT2D eigenvalue weighted by atomic mass is 16.6.